The van der Waals surface area contributed by atoms with Gasteiger partial charge in [0.15, 0.2) is 6.10 Å². The summed E-state index contributed by atoms with van der Waals surface area (Å²) in [6.45, 7) is 1.45. The highest BCUT2D eigenvalue weighted by Gasteiger charge is 2.19. The predicted octanol–water partition coefficient (Wildman–Crippen LogP) is 2.40. The molecule has 0 aliphatic rings. The fourth-order valence-corrected chi connectivity index (χ4v) is 1.54. The zero-order chi connectivity index (χ0) is 15.2. The Morgan fingerprint density at radius 3 is 2.57 bits per heavy atom. The molecule has 108 valence electrons. The lowest BCUT2D eigenvalue weighted by molar-refractivity contribution is -0.123. The lowest BCUT2D eigenvalue weighted by Crippen LogP contribution is -2.30. The highest BCUT2D eigenvalue weighted by Crippen LogP contribution is 2.10. The molecular weight excluding hydrogens is 275 g/mol. The van der Waals surface area contributed by atoms with Gasteiger partial charge in [-0.1, -0.05) is 0 Å². The average Bonchev–Trinajstić information content (AvgIpc) is 2.50. The standard InChI is InChI=1S/C15H13FN2O3/c1-10(21-15(20)11-3-2-8-17-9-11)14(19)18-13-6-4-12(16)5-7-13/h2-10H,1H3,(H,18,19)/t10-/m0/s1. The number of benzene rings is 1. The summed E-state index contributed by atoms with van der Waals surface area (Å²) in [5.41, 5.74) is 0.685. The first-order valence-electron chi connectivity index (χ1n) is 6.23. The second kappa shape index (κ2) is 6.60. The van der Waals surface area contributed by atoms with Crippen LogP contribution in [0.4, 0.5) is 10.1 Å². The van der Waals surface area contributed by atoms with Crippen molar-refractivity contribution in [2.45, 2.75) is 13.0 Å². The van der Waals surface area contributed by atoms with E-state index in [1.807, 2.05) is 0 Å². The van der Waals surface area contributed by atoms with Crippen molar-refractivity contribution in [2.75, 3.05) is 5.32 Å². The zero-order valence-electron chi connectivity index (χ0n) is 11.2. The third kappa shape index (κ3) is 4.10. The molecule has 2 rings (SSSR count). The fourth-order valence-electron chi connectivity index (χ4n) is 1.54. The number of ether oxygens (including phenoxy) is 1. The van der Waals surface area contributed by atoms with Crippen LogP contribution in [0.2, 0.25) is 0 Å². The Balaban J connectivity index is 1.93. The highest BCUT2D eigenvalue weighted by molar-refractivity contribution is 5.97. The van der Waals surface area contributed by atoms with Crippen molar-refractivity contribution in [1.82, 2.24) is 4.98 Å². The first kappa shape index (κ1) is 14.6. The van der Waals surface area contributed by atoms with E-state index in [0.29, 0.717) is 5.69 Å². The molecule has 0 unspecified atom stereocenters. The highest BCUT2D eigenvalue weighted by atomic mass is 19.1. The van der Waals surface area contributed by atoms with E-state index in [2.05, 4.69) is 10.3 Å². The van der Waals surface area contributed by atoms with Crippen molar-refractivity contribution in [3.05, 3.63) is 60.2 Å². The molecule has 0 spiro atoms. The van der Waals surface area contributed by atoms with Crippen LogP contribution >= 0.6 is 0 Å². The summed E-state index contributed by atoms with van der Waals surface area (Å²) in [6.07, 6.45) is 1.90. The zero-order valence-corrected chi connectivity index (χ0v) is 11.2. The first-order valence-corrected chi connectivity index (χ1v) is 6.23. The van der Waals surface area contributed by atoms with Crippen LogP contribution in [0.5, 0.6) is 0 Å². The van der Waals surface area contributed by atoms with Crippen molar-refractivity contribution >= 4 is 17.6 Å². The van der Waals surface area contributed by atoms with Crippen molar-refractivity contribution in [3.8, 4) is 0 Å². The maximum Gasteiger partial charge on any atom is 0.340 e. The summed E-state index contributed by atoms with van der Waals surface area (Å²) < 4.78 is 17.8. The maximum atomic E-state index is 12.8. The Morgan fingerprint density at radius 2 is 1.95 bits per heavy atom. The Morgan fingerprint density at radius 1 is 1.24 bits per heavy atom. The number of carbonyl (C=O) groups is 2. The summed E-state index contributed by atoms with van der Waals surface area (Å²) >= 11 is 0. The van der Waals surface area contributed by atoms with Gasteiger partial charge in [-0.2, -0.15) is 0 Å². The first-order chi connectivity index (χ1) is 10.1. The molecule has 0 aliphatic heterocycles. The molecule has 0 saturated heterocycles. The van der Waals surface area contributed by atoms with Crippen LogP contribution in [-0.4, -0.2) is 23.0 Å². The van der Waals surface area contributed by atoms with Crippen molar-refractivity contribution < 1.29 is 18.7 Å². The van der Waals surface area contributed by atoms with Crippen molar-refractivity contribution in [1.29, 1.82) is 0 Å². The Bertz CT molecular complexity index is 629. The summed E-state index contributed by atoms with van der Waals surface area (Å²) in [6, 6.07) is 8.43. The normalized spacial score (nSPS) is 11.5. The number of hydrogen-bond acceptors (Lipinski definition) is 4. The molecule has 1 heterocycles. The van der Waals surface area contributed by atoms with Crippen LogP contribution in [-0.2, 0) is 9.53 Å². The third-order valence-electron chi connectivity index (χ3n) is 2.66. The molecule has 2 aromatic rings. The number of carbonyl (C=O) groups excluding carboxylic acids is 2. The number of halogens is 1. The van der Waals surface area contributed by atoms with E-state index in [1.54, 1.807) is 12.1 Å². The van der Waals surface area contributed by atoms with E-state index >= 15 is 0 Å². The minimum atomic E-state index is -0.984. The van der Waals surface area contributed by atoms with Gasteiger partial charge >= 0.3 is 5.97 Å². The van der Waals surface area contributed by atoms with Crippen molar-refractivity contribution in [3.63, 3.8) is 0 Å². The molecule has 6 heteroatoms. The van der Waals surface area contributed by atoms with Gasteiger partial charge in [-0.15, -0.1) is 0 Å². The number of nitrogens with zero attached hydrogens (tertiary/aromatic N) is 1. The van der Waals surface area contributed by atoms with Crippen LogP contribution < -0.4 is 5.32 Å². The number of anilines is 1. The van der Waals surface area contributed by atoms with Crippen LogP contribution in [0.3, 0.4) is 0 Å². The van der Waals surface area contributed by atoms with E-state index in [9.17, 15) is 14.0 Å². The molecule has 1 aromatic heterocycles. The number of hydrogen-bond donors (Lipinski definition) is 1. The Hall–Kier alpha value is -2.76. The van der Waals surface area contributed by atoms with Gasteiger partial charge in [0, 0.05) is 18.1 Å². The van der Waals surface area contributed by atoms with E-state index in [0.717, 1.165) is 0 Å². The molecule has 1 aromatic carbocycles. The SMILES string of the molecule is C[C@H](OC(=O)c1cccnc1)C(=O)Nc1ccc(F)cc1. The van der Waals surface area contributed by atoms with Crippen LogP contribution in [0.15, 0.2) is 48.8 Å². The van der Waals surface area contributed by atoms with Gasteiger partial charge in [0.05, 0.1) is 5.56 Å². The van der Waals surface area contributed by atoms with Gasteiger partial charge < -0.3 is 10.1 Å². The van der Waals surface area contributed by atoms with Gasteiger partial charge in [0.25, 0.3) is 5.91 Å². The van der Waals surface area contributed by atoms with E-state index in [-0.39, 0.29) is 5.56 Å². The Labute approximate surface area is 120 Å². The molecule has 5 nitrogen and oxygen atoms in total. The van der Waals surface area contributed by atoms with E-state index in [4.69, 9.17) is 4.74 Å². The molecule has 1 atom stereocenters. The summed E-state index contributed by atoms with van der Waals surface area (Å²) in [4.78, 5) is 27.4. The van der Waals surface area contributed by atoms with Gasteiger partial charge in [0.1, 0.15) is 5.82 Å². The largest absolute Gasteiger partial charge is 0.449 e. The lowest BCUT2D eigenvalue weighted by Gasteiger charge is -2.13. The summed E-state index contributed by atoms with van der Waals surface area (Å²) in [5, 5.41) is 2.53. The number of pyridine rings is 1. The summed E-state index contributed by atoms with van der Waals surface area (Å²) in [5.74, 6) is -1.53. The molecule has 21 heavy (non-hydrogen) atoms. The topological polar surface area (TPSA) is 68.3 Å². The number of rotatable bonds is 4. The molecule has 1 N–H and O–H groups in total. The van der Waals surface area contributed by atoms with Gasteiger partial charge in [-0.25, -0.2) is 9.18 Å². The average molecular weight is 288 g/mol. The van der Waals surface area contributed by atoms with Crippen LogP contribution in [0.1, 0.15) is 17.3 Å². The second-order valence-electron chi connectivity index (χ2n) is 4.29. The quantitative estimate of drug-likeness (QED) is 0.877. The van der Waals surface area contributed by atoms with E-state index in [1.165, 1.54) is 43.6 Å². The molecule has 0 aliphatic carbocycles. The second-order valence-corrected chi connectivity index (χ2v) is 4.29. The maximum absolute atomic E-state index is 12.8. The molecule has 1 amide bonds. The monoisotopic (exact) mass is 288 g/mol. The lowest BCUT2D eigenvalue weighted by atomic mass is 10.2. The minimum Gasteiger partial charge on any atom is -0.449 e. The smallest absolute Gasteiger partial charge is 0.340 e. The molecule has 0 saturated carbocycles. The van der Waals surface area contributed by atoms with Gasteiger partial charge in [-0.3, -0.25) is 9.78 Å². The van der Waals surface area contributed by atoms with Crippen LogP contribution in [0, 0.1) is 5.82 Å². The third-order valence-corrected chi connectivity index (χ3v) is 2.66. The minimum absolute atomic E-state index is 0.263. The number of nitrogens with one attached hydrogen (secondary N) is 1. The van der Waals surface area contributed by atoms with Crippen molar-refractivity contribution in [2.24, 2.45) is 0 Å². The van der Waals surface area contributed by atoms with Gasteiger partial charge in [0.2, 0.25) is 0 Å². The summed E-state index contributed by atoms with van der Waals surface area (Å²) in [7, 11) is 0. The molecule has 0 fully saturated rings. The predicted molar refractivity (Wildman–Crippen MR) is 74.1 cm³/mol. The Kier molecular flexibility index (Phi) is 4.61. The fraction of sp³-hybridized carbons (Fsp3) is 0.133. The van der Waals surface area contributed by atoms with Gasteiger partial charge in [-0.05, 0) is 43.3 Å². The number of amides is 1. The number of aromatic nitrogens is 1. The molecule has 0 bridgehead atoms. The van der Waals surface area contributed by atoms with Crippen LogP contribution in [0.25, 0.3) is 0 Å². The van der Waals surface area contributed by atoms with E-state index < -0.39 is 23.8 Å². The molecule has 0 radical (unpaired) electrons. The number of esters is 1. The molecular formula is C15H13FN2O3.